The molecule has 0 saturated carbocycles. The van der Waals surface area contributed by atoms with Crippen LogP contribution in [0.4, 0.5) is 0 Å². The van der Waals surface area contributed by atoms with E-state index in [1.165, 1.54) is 0 Å². The zero-order valence-electron chi connectivity index (χ0n) is 13.6. The van der Waals surface area contributed by atoms with Gasteiger partial charge in [0.2, 0.25) is 0 Å². The number of aromatic nitrogens is 2. The lowest BCUT2D eigenvalue weighted by Gasteiger charge is -2.30. The maximum absolute atomic E-state index is 11.0. The van der Waals surface area contributed by atoms with Gasteiger partial charge in [-0.05, 0) is 51.2 Å². The highest BCUT2D eigenvalue weighted by Gasteiger charge is 2.22. The van der Waals surface area contributed by atoms with E-state index < -0.39 is 5.91 Å². The molecule has 1 aliphatic rings. The summed E-state index contributed by atoms with van der Waals surface area (Å²) in [6.45, 7) is 1.94. The molecule has 2 N–H and O–H groups in total. The summed E-state index contributed by atoms with van der Waals surface area (Å²) in [7, 11) is 2.14. The second-order valence-corrected chi connectivity index (χ2v) is 6.52. The number of carbonyl (C=O) groups excluding carboxylic acids is 1. The van der Waals surface area contributed by atoms with Crippen molar-refractivity contribution < 1.29 is 9.53 Å². The van der Waals surface area contributed by atoms with Crippen LogP contribution in [-0.4, -0.2) is 47.1 Å². The molecule has 128 valence electrons. The minimum atomic E-state index is -0.519. The maximum Gasteiger partial charge on any atom is 0.255 e. The monoisotopic (exact) mass is 348 g/mol. The van der Waals surface area contributed by atoms with Crippen LogP contribution in [0.2, 0.25) is 5.02 Å². The van der Waals surface area contributed by atoms with E-state index in [0.29, 0.717) is 16.8 Å². The van der Waals surface area contributed by atoms with Crippen molar-refractivity contribution in [3.8, 4) is 17.1 Å². The van der Waals surface area contributed by atoms with Gasteiger partial charge in [0.25, 0.3) is 5.91 Å². The van der Waals surface area contributed by atoms with Gasteiger partial charge in [-0.15, -0.1) is 0 Å². The molecular formula is C17H21ClN4O2. The van der Waals surface area contributed by atoms with Gasteiger partial charge in [0.15, 0.2) is 6.61 Å². The maximum atomic E-state index is 11.0. The molecule has 7 heteroatoms. The summed E-state index contributed by atoms with van der Waals surface area (Å²) in [5, 5.41) is 0.592. The average Bonchev–Trinajstić information content (AvgIpc) is 3.03. The van der Waals surface area contributed by atoms with E-state index in [0.717, 1.165) is 37.3 Å². The van der Waals surface area contributed by atoms with Crippen LogP contribution in [0, 0.1) is 0 Å². The molecule has 2 heterocycles. The Morgan fingerprint density at radius 1 is 1.42 bits per heavy atom. The van der Waals surface area contributed by atoms with Crippen molar-refractivity contribution in [1.82, 2.24) is 14.5 Å². The van der Waals surface area contributed by atoms with E-state index in [2.05, 4.69) is 21.5 Å². The third-order valence-electron chi connectivity index (χ3n) is 4.30. The van der Waals surface area contributed by atoms with E-state index in [1.807, 2.05) is 12.3 Å². The molecule has 24 heavy (non-hydrogen) atoms. The molecule has 1 saturated heterocycles. The number of nitrogens with two attached hydrogens (primary N) is 1. The number of nitrogens with zero attached hydrogens (tertiary/aromatic N) is 3. The molecule has 2 aromatic rings. The molecule has 0 atom stereocenters. The van der Waals surface area contributed by atoms with Crippen molar-refractivity contribution in [2.45, 2.75) is 18.9 Å². The predicted octanol–water partition coefficient (Wildman–Crippen LogP) is 2.33. The lowest BCUT2D eigenvalue weighted by atomic mass is 10.0. The summed E-state index contributed by atoms with van der Waals surface area (Å²) in [6, 6.07) is 5.67. The van der Waals surface area contributed by atoms with Gasteiger partial charge < -0.3 is 19.9 Å². The Morgan fingerprint density at radius 3 is 2.88 bits per heavy atom. The second-order valence-electron chi connectivity index (χ2n) is 6.09. The number of benzene rings is 1. The summed E-state index contributed by atoms with van der Waals surface area (Å²) < 4.78 is 7.72. The fourth-order valence-corrected chi connectivity index (χ4v) is 3.21. The third-order valence-corrected chi connectivity index (χ3v) is 4.54. The van der Waals surface area contributed by atoms with E-state index in [9.17, 15) is 4.79 Å². The molecule has 0 aliphatic carbocycles. The van der Waals surface area contributed by atoms with Gasteiger partial charge in [-0.25, -0.2) is 4.98 Å². The number of carbonyl (C=O) groups is 1. The van der Waals surface area contributed by atoms with Crippen molar-refractivity contribution in [3.05, 3.63) is 35.6 Å². The first kappa shape index (κ1) is 16.8. The zero-order valence-corrected chi connectivity index (χ0v) is 14.4. The normalized spacial score (nSPS) is 16.2. The highest BCUT2D eigenvalue weighted by atomic mass is 35.5. The standard InChI is InChI=1S/C17H21ClN4O2/c1-21-7-4-13(5-8-21)22-9-6-20-17(22)14-10-12(18)2-3-15(14)24-11-16(19)23/h2-3,6,9-10,13H,4-5,7-8,11H2,1H3,(H2,19,23). The van der Waals surface area contributed by atoms with Gasteiger partial charge in [-0.2, -0.15) is 0 Å². The first-order chi connectivity index (χ1) is 11.5. The Morgan fingerprint density at radius 2 is 2.17 bits per heavy atom. The van der Waals surface area contributed by atoms with Crippen LogP contribution in [0.3, 0.4) is 0 Å². The quantitative estimate of drug-likeness (QED) is 0.900. The van der Waals surface area contributed by atoms with E-state index in [1.54, 1.807) is 18.3 Å². The highest BCUT2D eigenvalue weighted by molar-refractivity contribution is 6.30. The molecule has 0 unspecified atom stereocenters. The van der Waals surface area contributed by atoms with E-state index >= 15 is 0 Å². The van der Waals surface area contributed by atoms with Crippen LogP contribution < -0.4 is 10.5 Å². The molecule has 1 amide bonds. The van der Waals surface area contributed by atoms with Gasteiger partial charge in [0, 0.05) is 23.5 Å². The van der Waals surface area contributed by atoms with Gasteiger partial charge in [-0.1, -0.05) is 11.6 Å². The van der Waals surface area contributed by atoms with Crippen molar-refractivity contribution >= 4 is 17.5 Å². The minimum Gasteiger partial charge on any atom is -0.483 e. The average molecular weight is 349 g/mol. The number of rotatable bonds is 5. The molecule has 0 spiro atoms. The Labute approximate surface area is 146 Å². The molecule has 6 nitrogen and oxygen atoms in total. The molecule has 0 bridgehead atoms. The number of piperidine rings is 1. The van der Waals surface area contributed by atoms with Gasteiger partial charge in [0.1, 0.15) is 11.6 Å². The molecular weight excluding hydrogens is 328 g/mol. The topological polar surface area (TPSA) is 73.4 Å². The second kappa shape index (κ2) is 7.23. The van der Waals surface area contributed by atoms with E-state index in [-0.39, 0.29) is 6.61 Å². The minimum absolute atomic E-state index is 0.177. The molecule has 1 aliphatic heterocycles. The number of primary amides is 1. The number of imidazole rings is 1. The number of likely N-dealkylation sites (tertiary alicyclic amines) is 1. The smallest absolute Gasteiger partial charge is 0.255 e. The molecule has 0 radical (unpaired) electrons. The van der Waals surface area contributed by atoms with Crippen molar-refractivity contribution in [2.75, 3.05) is 26.7 Å². The van der Waals surface area contributed by atoms with Gasteiger partial charge in [0.05, 0.1) is 5.56 Å². The van der Waals surface area contributed by atoms with Crippen LogP contribution in [-0.2, 0) is 4.79 Å². The Balaban J connectivity index is 1.93. The predicted molar refractivity (Wildman–Crippen MR) is 93.1 cm³/mol. The molecule has 1 aromatic carbocycles. The van der Waals surface area contributed by atoms with Gasteiger partial charge >= 0.3 is 0 Å². The summed E-state index contributed by atoms with van der Waals surface area (Å²) in [6.07, 6.45) is 5.91. The highest BCUT2D eigenvalue weighted by Crippen LogP contribution is 2.34. The van der Waals surface area contributed by atoms with Crippen LogP contribution in [0.15, 0.2) is 30.6 Å². The molecule has 1 fully saturated rings. The number of amides is 1. The SMILES string of the molecule is CN1CCC(n2ccnc2-c2cc(Cl)ccc2OCC(N)=O)CC1. The van der Waals surface area contributed by atoms with Crippen LogP contribution in [0.5, 0.6) is 5.75 Å². The van der Waals surface area contributed by atoms with Crippen LogP contribution in [0.25, 0.3) is 11.4 Å². The zero-order chi connectivity index (χ0) is 17.1. The van der Waals surface area contributed by atoms with Gasteiger partial charge in [-0.3, -0.25) is 4.79 Å². The lowest BCUT2D eigenvalue weighted by Crippen LogP contribution is -2.31. The molecule has 1 aromatic heterocycles. The number of hydrogen-bond acceptors (Lipinski definition) is 4. The van der Waals surface area contributed by atoms with E-state index in [4.69, 9.17) is 22.1 Å². The summed E-state index contributed by atoms with van der Waals surface area (Å²) >= 11 is 6.16. The van der Waals surface area contributed by atoms with Crippen LogP contribution >= 0.6 is 11.6 Å². The first-order valence-corrected chi connectivity index (χ1v) is 8.35. The first-order valence-electron chi connectivity index (χ1n) is 7.97. The Bertz CT molecular complexity index is 723. The fourth-order valence-electron chi connectivity index (χ4n) is 3.04. The summed E-state index contributed by atoms with van der Waals surface area (Å²) in [5.74, 6) is 0.833. The third kappa shape index (κ3) is 3.71. The largest absolute Gasteiger partial charge is 0.483 e. The fraction of sp³-hybridized carbons (Fsp3) is 0.412. The van der Waals surface area contributed by atoms with Crippen LogP contribution in [0.1, 0.15) is 18.9 Å². The summed E-state index contributed by atoms with van der Waals surface area (Å²) in [5.41, 5.74) is 5.95. The van der Waals surface area contributed by atoms with Crippen molar-refractivity contribution in [2.24, 2.45) is 5.73 Å². The Hall–Kier alpha value is -2.05. The van der Waals surface area contributed by atoms with Crippen molar-refractivity contribution in [3.63, 3.8) is 0 Å². The number of ether oxygens (including phenoxy) is 1. The lowest BCUT2D eigenvalue weighted by molar-refractivity contribution is -0.119. The number of hydrogen-bond donors (Lipinski definition) is 1. The summed E-state index contributed by atoms with van der Waals surface area (Å²) in [4.78, 5) is 17.9. The van der Waals surface area contributed by atoms with Crippen molar-refractivity contribution in [1.29, 1.82) is 0 Å². The number of halogens is 1. The Kier molecular flexibility index (Phi) is 5.06. The molecule has 3 rings (SSSR count).